The van der Waals surface area contributed by atoms with Crippen molar-refractivity contribution in [2.24, 2.45) is 5.10 Å². The number of hydrogen-bond donors (Lipinski definition) is 2. The van der Waals surface area contributed by atoms with Gasteiger partial charge in [0.15, 0.2) is 11.5 Å². The fourth-order valence-electron chi connectivity index (χ4n) is 2.20. The van der Waals surface area contributed by atoms with Gasteiger partial charge in [0.2, 0.25) is 0 Å². The SMILES string of the molecule is CCOc1cc(/C=N\NC(=O)c2ccccc2N)cc(Cl)c1OC(C)C. The molecule has 3 N–H and O–H groups in total. The first-order chi connectivity index (χ1) is 12.4. The van der Waals surface area contributed by atoms with E-state index in [2.05, 4.69) is 10.5 Å². The van der Waals surface area contributed by atoms with E-state index >= 15 is 0 Å². The molecule has 7 heteroatoms. The number of amides is 1. The Balaban J connectivity index is 2.17. The molecule has 0 heterocycles. The third kappa shape index (κ3) is 5.13. The molecule has 0 spiro atoms. The number of ether oxygens (including phenoxy) is 2. The van der Waals surface area contributed by atoms with Crippen LogP contribution in [0.15, 0.2) is 41.5 Å². The van der Waals surface area contributed by atoms with Crippen LogP contribution in [0.25, 0.3) is 0 Å². The number of nitrogen functional groups attached to an aromatic ring is 1. The van der Waals surface area contributed by atoms with Crippen molar-refractivity contribution in [2.75, 3.05) is 12.3 Å². The second kappa shape index (κ2) is 9.10. The van der Waals surface area contributed by atoms with Crippen LogP contribution >= 0.6 is 11.6 Å². The van der Waals surface area contributed by atoms with Gasteiger partial charge in [-0.05, 0) is 50.6 Å². The molecule has 0 saturated heterocycles. The van der Waals surface area contributed by atoms with Crippen LogP contribution in [-0.2, 0) is 0 Å². The maximum atomic E-state index is 12.1. The lowest BCUT2D eigenvalue weighted by Crippen LogP contribution is -2.19. The highest BCUT2D eigenvalue weighted by Gasteiger charge is 2.13. The normalized spacial score (nSPS) is 11.0. The Kier molecular flexibility index (Phi) is 6.86. The lowest BCUT2D eigenvalue weighted by molar-refractivity contribution is 0.0956. The largest absolute Gasteiger partial charge is 0.490 e. The molecule has 0 aliphatic heterocycles. The van der Waals surface area contributed by atoms with Gasteiger partial charge in [0.1, 0.15) is 0 Å². The van der Waals surface area contributed by atoms with Gasteiger partial charge in [0.05, 0.1) is 29.5 Å². The molecule has 0 aromatic heterocycles. The van der Waals surface area contributed by atoms with E-state index in [0.29, 0.717) is 39.9 Å². The van der Waals surface area contributed by atoms with E-state index in [-0.39, 0.29) is 6.10 Å². The van der Waals surface area contributed by atoms with Crippen LogP contribution in [0, 0.1) is 0 Å². The molecule has 2 aromatic carbocycles. The van der Waals surface area contributed by atoms with Crippen LogP contribution < -0.4 is 20.6 Å². The van der Waals surface area contributed by atoms with Crippen molar-refractivity contribution in [1.82, 2.24) is 5.43 Å². The van der Waals surface area contributed by atoms with Crippen molar-refractivity contribution < 1.29 is 14.3 Å². The summed E-state index contributed by atoms with van der Waals surface area (Å²) in [6.45, 7) is 6.16. The van der Waals surface area contributed by atoms with Crippen LogP contribution in [0.5, 0.6) is 11.5 Å². The van der Waals surface area contributed by atoms with Gasteiger partial charge in [-0.25, -0.2) is 5.43 Å². The first-order valence-electron chi connectivity index (χ1n) is 8.23. The number of carbonyl (C=O) groups is 1. The molecule has 26 heavy (non-hydrogen) atoms. The standard InChI is InChI=1S/C19H22ClN3O3/c1-4-25-17-10-13(9-15(20)18(17)26-12(2)3)11-22-23-19(24)14-7-5-6-8-16(14)21/h5-12H,4,21H2,1-3H3,(H,23,24)/b22-11-. The summed E-state index contributed by atoms with van der Waals surface area (Å²) in [4.78, 5) is 12.1. The summed E-state index contributed by atoms with van der Waals surface area (Å²) in [5.41, 5.74) is 9.62. The molecule has 0 aliphatic rings. The molecule has 0 bridgehead atoms. The van der Waals surface area contributed by atoms with Crippen molar-refractivity contribution >= 4 is 29.4 Å². The van der Waals surface area contributed by atoms with Crippen LogP contribution in [0.1, 0.15) is 36.7 Å². The van der Waals surface area contributed by atoms with Gasteiger partial charge in [-0.2, -0.15) is 5.10 Å². The van der Waals surface area contributed by atoms with Crippen LogP contribution in [0.3, 0.4) is 0 Å². The molecule has 0 aliphatic carbocycles. The lowest BCUT2D eigenvalue weighted by atomic mass is 10.2. The fraction of sp³-hybridized carbons (Fsp3) is 0.263. The highest BCUT2D eigenvalue weighted by atomic mass is 35.5. The summed E-state index contributed by atoms with van der Waals surface area (Å²) < 4.78 is 11.3. The number of para-hydroxylation sites is 1. The third-order valence-electron chi connectivity index (χ3n) is 3.27. The van der Waals surface area contributed by atoms with Crippen LogP contribution in [-0.4, -0.2) is 24.8 Å². The number of nitrogens with one attached hydrogen (secondary N) is 1. The number of nitrogens with two attached hydrogens (primary N) is 1. The zero-order valence-corrected chi connectivity index (χ0v) is 15.7. The molecule has 0 radical (unpaired) electrons. The van der Waals surface area contributed by atoms with Gasteiger partial charge in [-0.15, -0.1) is 0 Å². The summed E-state index contributed by atoms with van der Waals surface area (Å²) in [6.07, 6.45) is 1.44. The third-order valence-corrected chi connectivity index (χ3v) is 3.55. The van der Waals surface area contributed by atoms with Crippen molar-refractivity contribution in [3.8, 4) is 11.5 Å². The van der Waals surface area contributed by atoms with E-state index in [9.17, 15) is 4.79 Å². The monoisotopic (exact) mass is 375 g/mol. The average molecular weight is 376 g/mol. The topological polar surface area (TPSA) is 85.9 Å². The van der Waals surface area contributed by atoms with Crippen LogP contribution in [0.2, 0.25) is 5.02 Å². The smallest absolute Gasteiger partial charge is 0.273 e. The van der Waals surface area contributed by atoms with E-state index in [4.69, 9.17) is 26.8 Å². The molecule has 138 valence electrons. The number of carbonyl (C=O) groups excluding carboxylic acids is 1. The number of hydrogen-bond acceptors (Lipinski definition) is 5. The molecule has 0 atom stereocenters. The van der Waals surface area contributed by atoms with Crippen LogP contribution in [0.4, 0.5) is 5.69 Å². The Bertz CT molecular complexity index is 807. The first-order valence-corrected chi connectivity index (χ1v) is 8.61. The van der Waals surface area contributed by atoms with E-state index < -0.39 is 5.91 Å². The fourth-order valence-corrected chi connectivity index (χ4v) is 2.47. The second-order valence-corrected chi connectivity index (χ2v) is 6.12. The molecule has 0 fully saturated rings. The van der Waals surface area contributed by atoms with Crippen molar-refractivity contribution in [1.29, 1.82) is 0 Å². The van der Waals surface area contributed by atoms with Gasteiger partial charge in [-0.3, -0.25) is 4.79 Å². The molecule has 0 saturated carbocycles. The van der Waals surface area contributed by atoms with Crippen molar-refractivity contribution in [2.45, 2.75) is 26.9 Å². The molecular weight excluding hydrogens is 354 g/mol. The number of rotatable bonds is 7. The van der Waals surface area contributed by atoms with E-state index in [1.807, 2.05) is 20.8 Å². The maximum absolute atomic E-state index is 12.1. The van der Waals surface area contributed by atoms with Gasteiger partial charge in [0, 0.05) is 5.69 Å². The summed E-state index contributed by atoms with van der Waals surface area (Å²) >= 11 is 6.30. The van der Waals surface area contributed by atoms with E-state index in [0.717, 1.165) is 0 Å². The number of halogens is 1. The quantitative estimate of drug-likeness (QED) is 0.437. The highest BCUT2D eigenvalue weighted by molar-refractivity contribution is 6.32. The summed E-state index contributed by atoms with van der Waals surface area (Å²) in [7, 11) is 0. The number of benzene rings is 2. The number of anilines is 1. The zero-order valence-electron chi connectivity index (χ0n) is 15.0. The molecule has 1 amide bonds. The second-order valence-electron chi connectivity index (χ2n) is 5.72. The maximum Gasteiger partial charge on any atom is 0.273 e. The Labute approximate surface area is 157 Å². The van der Waals surface area contributed by atoms with E-state index in [1.54, 1.807) is 36.4 Å². The van der Waals surface area contributed by atoms with Gasteiger partial charge in [0.25, 0.3) is 5.91 Å². The van der Waals surface area contributed by atoms with Gasteiger partial charge >= 0.3 is 0 Å². The molecular formula is C19H22ClN3O3. The summed E-state index contributed by atoms with van der Waals surface area (Å²) in [6, 6.07) is 10.2. The first kappa shape index (κ1) is 19.6. The predicted octanol–water partition coefficient (Wildman–Crippen LogP) is 3.87. The minimum Gasteiger partial charge on any atom is -0.490 e. The zero-order chi connectivity index (χ0) is 19.1. The van der Waals surface area contributed by atoms with Gasteiger partial charge in [-0.1, -0.05) is 23.7 Å². The Hall–Kier alpha value is -2.73. The molecule has 6 nitrogen and oxygen atoms in total. The predicted molar refractivity (Wildman–Crippen MR) is 104 cm³/mol. The van der Waals surface area contributed by atoms with Gasteiger partial charge < -0.3 is 15.2 Å². The van der Waals surface area contributed by atoms with Crippen molar-refractivity contribution in [3.63, 3.8) is 0 Å². The lowest BCUT2D eigenvalue weighted by Gasteiger charge is -2.16. The highest BCUT2D eigenvalue weighted by Crippen LogP contribution is 2.37. The average Bonchev–Trinajstić information content (AvgIpc) is 2.58. The Morgan fingerprint density at radius 1 is 1.35 bits per heavy atom. The van der Waals surface area contributed by atoms with E-state index in [1.165, 1.54) is 6.21 Å². The molecule has 2 rings (SSSR count). The minimum absolute atomic E-state index is 0.0400. The number of nitrogens with zero attached hydrogens (tertiary/aromatic N) is 1. The Morgan fingerprint density at radius 2 is 2.08 bits per heavy atom. The van der Waals surface area contributed by atoms with Crippen molar-refractivity contribution in [3.05, 3.63) is 52.5 Å². The summed E-state index contributed by atoms with van der Waals surface area (Å²) in [5, 5.41) is 4.36. The molecule has 2 aromatic rings. The summed E-state index contributed by atoms with van der Waals surface area (Å²) in [5.74, 6) is 0.616. The Morgan fingerprint density at radius 3 is 2.73 bits per heavy atom. The minimum atomic E-state index is -0.393. The number of hydrazone groups is 1. The molecule has 0 unspecified atom stereocenters.